The molecule has 0 saturated heterocycles. The average Bonchev–Trinajstić information content (AvgIpc) is 3.32. The van der Waals surface area contributed by atoms with Gasteiger partial charge in [-0.15, -0.1) is 0 Å². The first-order valence-corrected chi connectivity index (χ1v) is 15.0. The Hall–Kier alpha value is -3.12. The van der Waals surface area contributed by atoms with Crippen LogP contribution in [0.1, 0.15) is 78.1 Å². The summed E-state index contributed by atoms with van der Waals surface area (Å²) < 4.78 is 12.7. The average molecular weight is 528 g/mol. The van der Waals surface area contributed by atoms with Crippen LogP contribution in [0.4, 0.5) is 0 Å². The van der Waals surface area contributed by atoms with Crippen LogP contribution >= 0.6 is 0 Å². The Kier molecular flexibility index (Phi) is 7.73. The van der Waals surface area contributed by atoms with E-state index in [9.17, 15) is 5.11 Å². The lowest BCUT2D eigenvalue weighted by Gasteiger charge is -2.30. The molecule has 0 bridgehead atoms. The number of hydrogen-bond donors (Lipinski definition) is 2. The molecule has 0 fully saturated rings. The van der Waals surface area contributed by atoms with E-state index in [0.717, 1.165) is 67.0 Å². The molecule has 6 nitrogen and oxygen atoms in total. The molecule has 4 unspecified atom stereocenters. The van der Waals surface area contributed by atoms with Gasteiger partial charge in [0.25, 0.3) is 0 Å². The van der Waals surface area contributed by atoms with Crippen LogP contribution in [0.25, 0.3) is 0 Å². The number of fused-ring (bicyclic) bond motifs is 3. The topological polar surface area (TPSA) is 75.4 Å². The van der Waals surface area contributed by atoms with Gasteiger partial charge in [-0.2, -0.15) is 0 Å². The van der Waals surface area contributed by atoms with Crippen LogP contribution < -0.4 is 5.32 Å². The van der Waals surface area contributed by atoms with Gasteiger partial charge in [-0.3, -0.25) is 0 Å². The van der Waals surface area contributed by atoms with Gasteiger partial charge >= 0.3 is 0 Å². The monoisotopic (exact) mass is 527 g/mol. The summed E-state index contributed by atoms with van der Waals surface area (Å²) in [5.74, 6) is 5.07. The van der Waals surface area contributed by atoms with E-state index >= 15 is 0 Å². The highest BCUT2D eigenvalue weighted by atomic mass is 16.5. The second-order valence-corrected chi connectivity index (χ2v) is 11.5. The molecule has 0 aromatic rings. The SMILES string of the molecule is CCCCC(CC)COC1N=C(C2=C(O)C=CCC2)N=C(C2=CC=C3OC4=C(CC5CCC=CC5=C4)C3C2)N1. The van der Waals surface area contributed by atoms with Gasteiger partial charge < -0.3 is 19.9 Å². The molecule has 2 aliphatic heterocycles. The van der Waals surface area contributed by atoms with Crippen molar-refractivity contribution in [3.63, 3.8) is 0 Å². The van der Waals surface area contributed by atoms with Crippen LogP contribution in [-0.2, 0) is 9.47 Å². The third-order valence-electron chi connectivity index (χ3n) is 8.88. The number of allylic oxidation sites excluding steroid dienone is 9. The second kappa shape index (κ2) is 11.5. The molecular weight excluding hydrogens is 486 g/mol. The Bertz CT molecular complexity index is 1270. The lowest BCUT2D eigenvalue weighted by molar-refractivity contribution is 0.0218. The van der Waals surface area contributed by atoms with E-state index in [-0.39, 0.29) is 11.7 Å². The summed E-state index contributed by atoms with van der Waals surface area (Å²) in [6.45, 7) is 5.12. The third kappa shape index (κ3) is 5.49. The molecule has 2 heterocycles. The molecule has 4 aliphatic carbocycles. The van der Waals surface area contributed by atoms with Crippen molar-refractivity contribution in [3.05, 3.63) is 82.1 Å². The molecule has 4 atom stereocenters. The van der Waals surface area contributed by atoms with Crippen LogP contribution in [0.3, 0.4) is 0 Å². The van der Waals surface area contributed by atoms with E-state index in [1.54, 1.807) is 6.08 Å². The maximum atomic E-state index is 10.6. The normalized spacial score (nSPS) is 28.3. The Morgan fingerprint density at radius 1 is 1.15 bits per heavy atom. The zero-order chi connectivity index (χ0) is 26.8. The summed E-state index contributed by atoms with van der Waals surface area (Å²) in [6, 6.07) is 0. The first-order valence-electron chi connectivity index (χ1n) is 15.0. The van der Waals surface area contributed by atoms with Gasteiger partial charge in [0, 0.05) is 11.5 Å². The highest BCUT2D eigenvalue weighted by molar-refractivity contribution is 6.13. The van der Waals surface area contributed by atoms with E-state index in [4.69, 9.17) is 19.5 Å². The van der Waals surface area contributed by atoms with Gasteiger partial charge in [-0.1, -0.05) is 57.4 Å². The van der Waals surface area contributed by atoms with Gasteiger partial charge in [0.05, 0.1) is 6.61 Å². The van der Waals surface area contributed by atoms with E-state index in [2.05, 4.69) is 49.5 Å². The Morgan fingerprint density at radius 3 is 2.90 bits per heavy atom. The predicted molar refractivity (Wildman–Crippen MR) is 156 cm³/mol. The van der Waals surface area contributed by atoms with Crippen LogP contribution in [0.15, 0.2) is 92.1 Å². The van der Waals surface area contributed by atoms with Gasteiger partial charge in [0.1, 0.15) is 23.1 Å². The Balaban J connectivity index is 1.24. The highest BCUT2D eigenvalue weighted by Gasteiger charge is 2.39. The number of ether oxygens (including phenoxy) is 2. The molecular formula is C33H41N3O3. The molecule has 0 radical (unpaired) electrons. The molecule has 0 amide bonds. The fourth-order valence-corrected chi connectivity index (χ4v) is 6.43. The van der Waals surface area contributed by atoms with Gasteiger partial charge in [-0.25, -0.2) is 9.98 Å². The number of unbranched alkanes of at least 4 members (excludes halogenated alkanes) is 1. The first kappa shape index (κ1) is 26.1. The van der Waals surface area contributed by atoms with Crippen LogP contribution in [0.2, 0.25) is 0 Å². The molecule has 6 aliphatic rings. The molecule has 6 heteroatoms. The first-order chi connectivity index (χ1) is 19.1. The number of nitrogens with one attached hydrogen (secondary N) is 1. The maximum Gasteiger partial charge on any atom is 0.228 e. The van der Waals surface area contributed by atoms with Crippen molar-refractivity contribution >= 4 is 11.7 Å². The molecule has 39 heavy (non-hydrogen) atoms. The lowest BCUT2D eigenvalue weighted by atomic mass is 9.75. The molecule has 0 saturated carbocycles. The van der Waals surface area contributed by atoms with E-state index in [0.29, 0.717) is 24.3 Å². The van der Waals surface area contributed by atoms with Crippen molar-refractivity contribution in [1.29, 1.82) is 0 Å². The maximum absolute atomic E-state index is 10.6. The third-order valence-corrected chi connectivity index (χ3v) is 8.88. The van der Waals surface area contributed by atoms with Gasteiger partial charge in [0.15, 0.2) is 5.84 Å². The van der Waals surface area contributed by atoms with Gasteiger partial charge in [-0.05, 0) is 91.7 Å². The zero-order valence-corrected chi connectivity index (χ0v) is 23.3. The number of hydrogen-bond acceptors (Lipinski definition) is 6. The summed E-state index contributed by atoms with van der Waals surface area (Å²) in [5, 5.41) is 14.1. The molecule has 6 rings (SSSR count). The van der Waals surface area contributed by atoms with Crippen LogP contribution in [0, 0.1) is 17.8 Å². The summed E-state index contributed by atoms with van der Waals surface area (Å²) in [5.41, 5.74) is 4.75. The smallest absolute Gasteiger partial charge is 0.228 e. The van der Waals surface area contributed by atoms with E-state index in [1.807, 2.05) is 6.08 Å². The fourth-order valence-electron chi connectivity index (χ4n) is 6.43. The van der Waals surface area contributed by atoms with Crippen molar-refractivity contribution in [3.8, 4) is 0 Å². The standard InChI is InChI=1S/C33H41N3O3/c1-3-5-10-21(4-2)20-38-33-35-31(34-32(36-33)25-13-8-9-14-28(25)37)24-15-16-29-26(18-24)27-17-22-11-6-7-12-23(22)19-30(27)39-29/h7,9,12,14-16,19,21-22,26,33,37H,3-6,8,10-11,13,17-18,20H2,1-2H3,(H,34,35,36). The number of nitrogens with zero attached hydrogens (tertiary/aromatic N) is 2. The highest BCUT2D eigenvalue weighted by Crippen LogP contribution is 2.49. The van der Waals surface area contributed by atoms with E-state index in [1.165, 1.54) is 36.8 Å². The summed E-state index contributed by atoms with van der Waals surface area (Å²) in [7, 11) is 0. The zero-order valence-electron chi connectivity index (χ0n) is 23.3. The van der Waals surface area contributed by atoms with Crippen LogP contribution in [-0.4, -0.2) is 29.7 Å². The van der Waals surface area contributed by atoms with Crippen molar-refractivity contribution in [2.24, 2.45) is 27.7 Å². The number of aliphatic imine (C=N–C) groups is 2. The summed E-state index contributed by atoms with van der Waals surface area (Å²) in [6.07, 6.45) is 24.8. The minimum absolute atomic E-state index is 0.249. The van der Waals surface area contributed by atoms with E-state index < -0.39 is 6.35 Å². The minimum Gasteiger partial charge on any atom is -0.508 e. The Labute approximate surface area is 232 Å². The molecule has 0 aromatic carbocycles. The second-order valence-electron chi connectivity index (χ2n) is 11.5. The largest absolute Gasteiger partial charge is 0.508 e. The quantitative estimate of drug-likeness (QED) is 0.326. The van der Waals surface area contributed by atoms with Crippen molar-refractivity contribution in [2.45, 2.75) is 84.4 Å². The van der Waals surface area contributed by atoms with Gasteiger partial charge in [0.2, 0.25) is 6.35 Å². The van der Waals surface area contributed by atoms with Crippen molar-refractivity contribution in [1.82, 2.24) is 5.32 Å². The molecule has 0 spiro atoms. The molecule has 206 valence electrons. The predicted octanol–water partition coefficient (Wildman–Crippen LogP) is 7.48. The number of amidine groups is 2. The Morgan fingerprint density at radius 2 is 2.05 bits per heavy atom. The summed E-state index contributed by atoms with van der Waals surface area (Å²) >= 11 is 0. The van der Waals surface area contributed by atoms with Crippen molar-refractivity contribution < 1.29 is 14.6 Å². The number of rotatable bonds is 9. The molecule has 2 N–H and O–H groups in total. The number of aliphatic hydroxyl groups excluding tert-OH is 1. The lowest BCUT2D eigenvalue weighted by Crippen LogP contribution is -2.42. The molecule has 0 aromatic heterocycles. The number of aliphatic hydroxyl groups is 1. The van der Waals surface area contributed by atoms with Crippen molar-refractivity contribution in [2.75, 3.05) is 6.61 Å². The fraction of sp³-hybridized carbons (Fsp3) is 0.515. The van der Waals surface area contributed by atoms with Crippen LogP contribution in [0.5, 0.6) is 0 Å². The minimum atomic E-state index is -0.524. The summed E-state index contributed by atoms with van der Waals surface area (Å²) in [4.78, 5) is 9.78.